The molecule has 5 nitrogen and oxygen atoms in total. The molecule has 0 unspecified atom stereocenters. The molecular formula is C15H19N3O2. The van der Waals surface area contributed by atoms with Crippen LogP contribution in [0, 0.1) is 0 Å². The van der Waals surface area contributed by atoms with E-state index >= 15 is 0 Å². The molecule has 5 heteroatoms. The van der Waals surface area contributed by atoms with E-state index in [1.165, 1.54) is 25.3 Å². The van der Waals surface area contributed by atoms with Crippen LogP contribution in [0.5, 0.6) is 0 Å². The van der Waals surface area contributed by atoms with Crippen molar-refractivity contribution in [3.05, 3.63) is 36.0 Å². The zero-order valence-corrected chi connectivity index (χ0v) is 11.5. The Hall–Kier alpha value is -2.30. The van der Waals surface area contributed by atoms with Crippen molar-refractivity contribution in [2.45, 2.75) is 32.6 Å². The van der Waals surface area contributed by atoms with Crippen molar-refractivity contribution in [3.63, 3.8) is 0 Å². The van der Waals surface area contributed by atoms with Gasteiger partial charge in [0.05, 0.1) is 0 Å². The summed E-state index contributed by atoms with van der Waals surface area (Å²) < 4.78 is 0. The molecule has 0 radical (unpaired) electrons. The lowest BCUT2D eigenvalue weighted by atomic mass is 10.2. The average molecular weight is 273 g/mol. The summed E-state index contributed by atoms with van der Waals surface area (Å²) in [6.07, 6.45) is 6.33. The Balaban J connectivity index is 1.90. The SMILES string of the molecule is CC(=O)Nc1cccc(NC(=O)NC=C2CCCC2)c1. The van der Waals surface area contributed by atoms with Gasteiger partial charge in [-0.1, -0.05) is 11.6 Å². The minimum Gasteiger partial charge on any atom is -0.326 e. The highest BCUT2D eigenvalue weighted by Gasteiger charge is 2.07. The number of hydrogen-bond acceptors (Lipinski definition) is 2. The molecule has 0 spiro atoms. The van der Waals surface area contributed by atoms with Crippen molar-refractivity contribution in [1.82, 2.24) is 5.32 Å². The van der Waals surface area contributed by atoms with Crippen LogP contribution in [-0.2, 0) is 4.79 Å². The summed E-state index contributed by atoms with van der Waals surface area (Å²) in [5, 5.41) is 8.14. The van der Waals surface area contributed by atoms with Gasteiger partial charge in [0.25, 0.3) is 0 Å². The normalized spacial score (nSPS) is 13.8. The number of rotatable bonds is 3. The lowest BCUT2D eigenvalue weighted by Crippen LogP contribution is -2.24. The summed E-state index contributed by atoms with van der Waals surface area (Å²) in [6, 6.07) is 6.75. The van der Waals surface area contributed by atoms with E-state index in [2.05, 4.69) is 16.0 Å². The zero-order chi connectivity index (χ0) is 14.4. The van der Waals surface area contributed by atoms with E-state index in [1.54, 1.807) is 30.5 Å². The summed E-state index contributed by atoms with van der Waals surface area (Å²) in [6.45, 7) is 1.45. The Kier molecular flexibility index (Phi) is 4.76. The van der Waals surface area contributed by atoms with E-state index in [1.807, 2.05) is 0 Å². The third kappa shape index (κ3) is 4.42. The highest BCUT2D eigenvalue weighted by Crippen LogP contribution is 2.22. The molecule has 0 aliphatic heterocycles. The maximum Gasteiger partial charge on any atom is 0.323 e. The van der Waals surface area contributed by atoms with Crippen LogP contribution < -0.4 is 16.0 Å². The molecule has 3 N–H and O–H groups in total. The lowest BCUT2D eigenvalue weighted by Gasteiger charge is -2.08. The molecule has 1 fully saturated rings. The fraction of sp³-hybridized carbons (Fsp3) is 0.333. The molecule has 0 saturated heterocycles. The summed E-state index contributed by atoms with van der Waals surface area (Å²) >= 11 is 0. The Bertz CT molecular complexity index is 530. The number of nitrogens with one attached hydrogen (secondary N) is 3. The quantitative estimate of drug-likeness (QED) is 0.791. The van der Waals surface area contributed by atoms with Crippen molar-refractivity contribution < 1.29 is 9.59 Å². The molecule has 0 bridgehead atoms. The van der Waals surface area contributed by atoms with Crippen LogP contribution in [0.3, 0.4) is 0 Å². The van der Waals surface area contributed by atoms with Crippen LogP contribution in [0.15, 0.2) is 36.0 Å². The number of hydrogen-bond donors (Lipinski definition) is 3. The second-order valence-corrected chi connectivity index (χ2v) is 4.87. The van der Waals surface area contributed by atoms with Crippen LogP contribution in [0.2, 0.25) is 0 Å². The van der Waals surface area contributed by atoms with Gasteiger partial charge in [0.2, 0.25) is 5.91 Å². The van der Waals surface area contributed by atoms with Gasteiger partial charge in [-0.25, -0.2) is 4.79 Å². The number of carbonyl (C=O) groups is 2. The Morgan fingerprint density at radius 2 is 1.75 bits per heavy atom. The molecule has 1 aliphatic rings. The van der Waals surface area contributed by atoms with Crippen LogP contribution in [0.4, 0.5) is 16.2 Å². The molecule has 0 aromatic heterocycles. The molecule has 1 saturated carbocycles. The fourth-order valence-corrected chi connectivity index (χ4v) is 2.19. The lowest BCUT2D eigenvalue weighted by molar-refractivity contribution is -0.114. The van der Waals surface area contributed by atoms with E-state index < -0.39 is 0 Å². The van der Waals surface area contributed by atoms with Crippen LogP contribution in [0.25, 0.3) is 0 Å². The predicted molar refractivity (Wildman–Crippen MR) is 79.5 cm³/mol. The first-order valence-electron chi connectivity index (χ1n) is 6.76. The van der Waals surface area contributed by atoms with E-state index in [0.717, 1.165) is 12.8 Å². The Morgan fingerprint density at radius 3 is 2.40 bits per heavy atom. The number of carbonyl (C=O) groups excluding carboxylic acids is 2. The zero-order valence-electron chi connectivity index (χ0n) is 11.5. The summed E-state index contributed by atoms with van der Waals surface area (Å²) in [4.78, 5) is 22.7. The molecule has 0 atom stereocenters. The fourth-order valence-electron chi connectivity index (χ4n) is 2.19. The molecule has 3 amide bonds. The van der Waals surface area contributed by atoms with Crippen LogP contribution in [0.1, 0.15) is 32.6 Å². The average Bonchev–Trinajstić information content (AvgIpc) is 2.89. The minimum absolute atomic E-state index is 0.141. The third-order valence-corrected chi connectivity index (χ3v) is 3.09. The van der Waals surface area contributed by atoms with Gasteiger partial charge in [-0.3, -0.25) is 4.79 Å². The molecule has 0 heterocycles. The minimum atomic E-state index is -0.274. The first kappa shape index (κ1) is 14.1. The number of anilines is 2. The van der Waals surface area contributed by atoms with E-state index in [0.29, 0.717) is 11.4 Å². The van der Waals surface area contributed by atoms with E-state index in [-0.39, 0.29) is 11.9 Å². The topological polar surface area (TPSA) is 70.2 Å². The number of allylic oxidation sites excluding steroid dienone is 1. The molecule has 106 valence electrons. The smallest absolute Gasteiger partial charge is 0.323 e. The highest BCUT2D eigenvalue weighted by atomic mass is 16.2. The number of benzene rings is 1. The first-order chi connectivity index (χ1) is 9.63. The second kappa shape index (κ2) is 6.75. The van der Waals surface area contributed by atoms with Gasteiger partial charge in [-0.05, 0) is 43.9 Å². The van der Waals surface area contributed by atoms with Gasteiger partial charge in [-0.2, -0.15) is 0 Å². The summed E-state index contributed by atoms with van der Waals surface area (Å²) in [7, 11) is 0. The standard InChI is InChI=1S/C15H19N3O2/c1-11(19)17-13-7-4-8-14(9-13)18-15(20)16-10-12-5-2-3-6-12/h4,7-10H,2-3,5-6H2,1H3,(H,17,19)(H2,16,18,20). The predicted octanol–water partition coefficient (Wildman–Crippen LogP) is 3.22. The van der Waals surface area contributed by atoms with Crippen LogP contribution >= 0.6 is 0 Å². The van der Waals surface area contributed by atoms with Gasteiger partial charge in [0.15, 0.2) is 0 Å². The maximum absolute atomic E-state index is 11.7. The Morgan fingerprint density at radius 1 is 1.10 bits per heavy atom. The van der Waals surface area contributed by atoms with Gasteiger partial charge < -0.3 is 16.0 Å². The van der Waals surface area contributed by atoms with Gasteiger partial charge in [-0.15, -0.1) is 0 Å². The molecular weight excluding hydrogens is 254 g/mol. The van der Waals surface area contributed by atoms with Crippen molar-refractivity contribution in [2.75, 3.05) is 10.6 Å². The third-order valence-electron chi connectivity index (χ3n) is 3.09. The van der Waals surface area contributed by atoms with Crippen LogP contribution in [-0.4, -0.2) is 11.9 Å². The molecule has 20 heavy (non-hydrogen) atoms. The molecule has 1 aliphatic carbocycles. The van der Waals surface area contributed by atoms with Gasteiger partial charge in [0.1, 0.15) is 0 Å². The summed E-state index contributed by atoms with van der Waals surface area (Å²) in [5.74, 6) is -0.141. The van der Waals surface area contributed by atoms with Gasteiger partial charge >= 0.3 is 6.03 Å². The Labute approximate surface area is 118 Å². The van der Waals surface area contributed by atoms with Crippen molar-refractivity contribution >= 4 is 23.3 Å². The van der Waals surface area contributed by atoms with E-state index in [9.17, 15) is 9.59 Å². The number of amides is 3. The highest BCUT2D eigenvalue weighted by molar-refractivity contribution is 5.92. The second-order valence-electron chi connectivity index (χ2n) is 4.87. The summed E-state index contributed by atoms with van der Waals surface area (Å²) in [5.41, 5.74) is 2.58. The molecule has 1 aromatic rings. The first-order valence-corrected chi connectivity index (χ1v) is 6.76. The number of urea groups is 1. The monoisotopic (exact) mass is 273 g/mol. The van der Waals surface area contributed by atoms with Crippen molar-refractivity contribution in [3.8, 4) is 0 Å². The van der Waals surface area contributed by atoms with Gasteiger partial charge in [0, 0.05) is 24.5 Å². The maximum atomic E-state index is 11.7. The van der Waals surface area contributed by atoms with E-state index in [4.69, 9.17) is 0 Å². The largest absolute Gasteiger partial charge is 0.326 e. The molecule has 1 aromatic carbocycles. The molecule has 2 rings (SSSR count). The van der Waals surface area contributed by atoms with Crippen molar-refractivity contribution in [2.24, 2.45) is 0 Å². The van der Waals surface area contributed by atoms with Crippen molar-refractivity contribution in [1.29, 1.82) is 0 Å².